The van der Waals surface area contributed by atoms with Gasteiger partial charge in [0, 0.05) is 6.54 Å². The van der Waals surface area contributed by atoms with E-state index in [9.17, 15) is 9.18 Å². The zero-order valence-corrected chi connectivity index (χ0v) is 15.5. The van der Waals surface area contributed by atoms with Crippen molar-refractivity contribution in [1.29, 1.82) is 0 Å². The molecule has 0 saturated carbocycles. The predicted octanol–water partition coefficient (Wildman–Crippen LogP) is 4.03. The number of hydrogen-bond acceptors (Lipinski definition) is 4. The first-order valence-corrected chi connectivity index (χ1v) is 8.67. The van der Waals surface area contributed by atoms with Crippen LogP contribution in [0.15, 0.2) is 36.5 Å². The van der Waals surface area contributed by atoms with E-state index < -0.39 is 11.7 Å². The molecule has 0 aliphatic rings. The van der Waals surface area contributed by atoms with E-state index >= 15 is 0 Å². The zero-order chi connectivity index (χ0) is 19.2. The van der Waals surface area contributed by atoms with Crippen molar-refractivity contribution in [3.63, 3.8) is 0 Å². The number of carbonyl (C=O) groups is 1. The molecule has 1 aromatic carbocycles. The maximum absolute atomic E-state index is 14.2. The molecule has 0 aliphatic heterocycles. The first kappa shape index (κ1) is 19.8. The van der Waals surface area contributed by atoms with Gasteiger partial charge < -0.3 is 15.8 Å². The number of nitrogens with zero attached hydrogens (tertiary/aromatic N) is 1. The quantitative estimate of drug-likeness (QED) is 0.698. The lowest BCUT2D eigenvalue weighted by molar-refractivity contribution is 0.0995. The van der Waals surface area contributed by atoms with Crippen LogP contribution in [0.3, 0.4) is 0 Å². The van der Waals surface area contributed by atoms with Crippen LogP contribution in [-0.2, 0) is 6.54 Å². The Labute approximate surface area is 153 Å². The maximum atomic E-state index is 14.2. The molecule has 0 saturated heterocycles. The largest absolute Gasteiger partial charge is 0.453 e. The summed E-state index contributed by atoms with van der Waals surface area (Å²) in [6, 6.07) is 7.82. The van der Waals surface area contributed by atoms with Crippen LogP contribution < -0.4 is 15.8 Å². The fraction of sp³-hybridized carbons (Fsp3) is 0.400. The Bertz CT molecular complexity index is 740. The number of rotatable bonds is 8. The number of nitrogens with one attached hydrogen (secondary N) is 1. The minimum absolute atomic E-state index is 0.107. The number of ether oxygens (including phenoxy) is 1. The standard InChI is InChI=1S/C20H26FN3O2/c1-20(2,3)9-4-10-23-12-14-5-8-18(16(21)11-14)26-15-6-7-17(19(22)25)24-13-15/h5-8,11,13,23H,4,9-10,12H2,1-3H3,(H2,22,25). The molecular formula is C20H26FN3O2. The van der Waals surface area contributed by atoms with Crippen LogP contribution >= 0.6 is 0 Å². The Balaban J connectivity index is 1.87. The number of pyridine rings is 1. The van der Waals surface area contributed by atoms with Gasteiger partial charge >= 0.3 is 0 Å². The van der Waals surface area contributed by atoms with Crippen LogP contribution in [0, 0.1) is 11.2 Å². The summed E-state index contributed by atoms with van der Waals surface area (Å²) in [5.41, 5.74) is 6.44. The molecule has 26 heavy (non-hydrogen) atoms. The lowest BCUT2D eigenvalue weighted by atomic mass is 9.91. The molecule has 6 heteroatoms. The Morgan fingerprint density at radius 3 is 2.62 bits per heavy atom. The minimum Gasteiger partial charge on any atom is -0.453 e. The van der Waals surface area contributed by atoms with Crippen molar-refractivity contribution in [2.24, 2.45) is 11.1 Å². The second-order valence-electron chi connectivity index (χ2n) is 7.45. The van der Waals surface area contributed by atoms with Crippen molar-refractivity contribution >= 4 is 5.91 Å². The number of amides is 1. The number of halogens is 1. The molecule has 140 valence electrons. The predicted molar refractivity (Wildman–Crippen MR) is 99.6 cm³/mol. The molecule has 1 aromatic heterocycles. The van der Waals surface area contributed by atoms with Gasteiger partial charge in [-0.15, -0.1) is 0 Å². The summed E-state index contributed by atoms with van der Waals surface area (Å²) in [6.45, 7) is 8.17. The normalized spacial score (nSPS) is 11.4. The molecule has 0 bridgehead atoms. The summed E-state index contributed by atoms with van der Waals surface area (Å²) in [5, 5.41) is 3.33. The van der Waals surface area contributed by atoms with Crippen molar-refractivity contribution in [2.45, 2.75) is 40.2 Å². The van der Waals surface area contributed by atoms with E-state index in [2.05, 4.69) is 31.1 Å². The number of aromatic nitrogens is 1. The molecule has 0 spiro atoms. The summed E-state index contributed by atoms with van der Waals surface area (Å²) < 4.78 is 19.7. The van der Waals surface area contributed by atoms with Crippen LogP contribution in [-0.4, -0.2) is 17.4 Å². The van der Waals surface area contributed by atoms with Gasteiger partial charge in [0.05, 0.1) is 6.20 Å². The lowest BCUT2D eigenvalue weighted by Crippen LogP contribution is -2.17. The van der Waals surface area contributed by atoms with Crippen molar-refractivity contribution in [2.75, 3.05) is 6.54 Å². The van der Waals surface area contributed by atoms with E-state index in [-0.39, 0.29) is 11.4 Å². The second kappa shape index (κ2) is 8.76. The number of nitrogens with two attached hydrogens (primary N) is 1. The van der Waals surface area contributed by atoms with Crippen LogP contribution in [0.2, 0.25) is 0 Å². The van der Waals surface area contributed by atoms with E-state index in [1.54, 1.807) is 6.07 Å². The molecule has 1 heterocycles. The SMILES string of the molecule is CC(C)(C)CCCNCc1ccc(Oc2ccc(C(N)=O)nc2)c(F)c1. The van der Waals surface area contributed by atoms with Gasteiger partial charge in [-0.25, -0.2) is 9.37 Å². The van der Waals surface area contributed by atoms with E-state index in [0.29, 0.717) is 17.7 Å². The third-order valence-electron chi connectivity index (χ3n) is 3.82. The summed E-state index contributed by atoms with van der Waals surface area (Å²) in [6.07, 6.45) is 3.56. The molecule has 5 nitrogen and oxygen atoms in total. The molecule has 0 atom stereocenters. The fourth-order valence-corrected chi connectivity index (χ4v) is 2.43. The molecule has 0 aliphatic carbocycles. The van der Waals surface area contributed by atoms with E-state index in [0.717, 1.165) is 24.9 Å². The maximum Gasteiger partial charge on any atom is 0.267 e. The van der Waals surface area contributed by atoms with Gasteiger partial charge in [-0.3, -0.25) is 4.79 Å². The van der Waals surface area contributed by atoms with Crippen molar-refractivity contribution in [3.8, 4) is 11.5 Å². The second-order valence-corrected chi connectivity index (χ2v) is 7.45. The molecule has 1 amide bonds. The highest BCUT2D eigenvalue weighted by atomic mass is 19.1. The smallest absolute Gasteiger partial charge is 0.267 e. The summed E-state index contributed by atoms with van der Waals surface area (Å²) >= 11 is 0. The van der Waals surface area contributed by atoms with Gasteiger partial charge in [0.25, 0.3) is 5.91 Å². The Hall–Kier alpha value is -2.47. The molecule has 0 radical (unpaired) electrons. The van der Waals surface area contributed by atoms with Gasteiger partial charge in [0.2, 0.25) is 0 Å². The molecule has 2 aromatic rings. The van der Waals surface area contributed by atoms with Crippen molar-refractivity contribution in [1.82, 2.24) is 10.3 Å². The molecule has 0 fully saturated rings. The highest BCUT2D eigenvalue weighted by Gasteiger charge is 2.10. The first-order chi connectivity index (χ1) is 12.2. The average molecular weight is 359 g/mol. The topological polar surface area (TPSA) is 77.2 Å². The molecule has 2 rings (SSSR count). The highest BCUT2D eigenvalue weighted by molar-refractivity contribution is 5.90. The Morgan fingerprint density at radius 1 is 1.27 bits per heavy atom. The Kier molecular flexibility index (Phi) is 6.69. The third kappa shape index (κ3) is 6.44. The zero-order valence-electron chi connectivity index (χ0n) is 15.5. The minimum atomic E-state index is -0.623. The average Bonchev–Trinajstić information content (AvgIpc) is 2.56. The number of benzene rings is 1. The third-order valence-corrected chi connectivity index (χ3v) is 3.82. The lowest BCUT2D eigenvalue weighted by Gasteiger charge is -2.17. The number of hydrogen-bond donors (Lipinski definition) is 2. The molecule has 0 unspecified atom stereocenters. The van der Waals surface area contributed by atoms with Gasteiger partial charge in [0.1, 0.15) is 11.4 Å². The van der Waals surface area contributed by atoms with Crippen molar-refractivity contribution in [3.05, 3.63) is 53.6 Å². The molecular weight excluding hydrogens is 333 g/mol. The monoisotopic (exact) mass is 359 g/mol. The van der Waals surface area contributed by atoms with E-state index in [1.165, 1.54) is 24.4 Å². The van der Waals surface area contributed by atoms with Crippen LogP contribution in [0.1, 0.15) is 49.7 Å². The van der Waals surface area contributed by atoms with E-state index in [4.69, 9.17) is 10.5 Å². The first-order valence-electron chi connectivity index (χ1n) is 8.67. The summed E-state index contributed by atoms with van der Waals surface area (Å²) in [5.74, 6) is -0.628. The Morgan fingerprint density at radius 2 is 2.04 bits per heavy atom. The van der Waals surface area contributed by atoms with Crippen LogP contribution in [0.5, 0.6) is 11.5 Å². The highest BCUT2D eigenvalue weighted by Crippen LogP contribution is 2.25. The van der Waals surface area contributed by atoms with Gasteiger partial charge in [-0.1, -0.05) is 26.8 Å². The van der Waals surface area contributed by atoms with Gasteiger partial charge in [-0.05, 0) is 54.6 Å². The molecule has 3 N–H and O–H groups in total. The van der Waals surface area contributed by atoms with Gasteiger partial charge in [0.15, 0.2) is 11.6 Å². The fourth-order valence-electron chi connectivity index (χ4n) is 2.43. The van der Waals surface area contributed by atoms with Gasteiger partial charge in [-0.2, -0.15) is 0 Å². The van der Waals surface area contributed by atoms with Crippen LogP contribution in [0.4, 0.5) is 4.39 Å². The van der Waals surface area contributed by atoms with Crippen LogP contribution in [0.25, 0.3) is 0 Å². The summed E-state index contributed by atoms with van der Waals surface area (Å²) in [7, 11) is 0. The number of carbonyl (C=O) groups excluding carboxylic acids is 1. The number of primary amides is 1. The van der Waals surface area contributed by atoms with Crippen molar-refractivity contribution < 1.29 is 13.9 Å². The summed E-state index contributed by atoms with van der Waals surface area (Å²) in [4.78, 5) is 14.9. The van der Waals surface area contributed by atoms with E-state index in [1.807, 2.05) is 6.07 Å².